The van der Waals surface area contributed by atoms with E-state index in [9.17, 15) is 0 Å². The van der Waals surface area contributed by atoms with Gasteiger partial charge in [0, 0.05) is 18.8 Å². The first kappa shape index (κ1) is 12.4. The number of hydrogen-bond acceptors (Lipinski definition) is 2. The summed E-state index contributed by atoms with van der Waals surface area (Å²) < 4.78 is 0. The fourth-order valence-corrected chi connectivity index (χ4v) is 2.80. The van der Waals surface area contributed by atoms with Gasteiger partial charge in [-0.15, -0.1) is 0 Å². The van der Waals surface area contributed by atoms with E-state index in [4.69, 9.17) is 5.73 Å². The molecule has 0 amide bonds. The van der Waals surface area contributed by atoms with Gasteiger partial charge in [0.05, 0.1) is 0 Å². The van der Waals surface area contributed by atoms with Crippen molar-refractivity contribution in [1.82, 2.24) is 4.90 Å². The summed E-state index contributed by atoms with van der Waals surface area (Å²) in [5, 5.41) is 0. The topological polar surface area (TPSA) is 29.3 Å². The fourth-order valence-electron chi connectivity index (χ4n) is 2.80. The van der Waals surface area contributed by atoms with Crippen LogP contribution in [0.3, 0.4) is 0 Å². The largest absolute Gasteiger partial charge is 0.399 e. The van der Waals surface area contributed by atoms with Crippen LogP contribution in [0.2, 0.25) is 0 Å². The first-order valence-electron chi connectivity index (χ1n) is 6.68. The molecule has 2 nitrogen and oxygen atoms in total. The van der Waals surface area contributed by atoms with E-state index in [1.165, 1.54) is 37.9 Å². The maximum Gasteiger partial charge on any atom is 0.0317 e. The van der Waals surface area contributed by atoms with E-state index in [0.29, 0.717) is 5.41 Å². The first-order chi connectivity index (χ1) is 8.11. The second kappa shape index (κ2) is 5.09. The number of likely N-dealkylation sites (tertiary alicyclic amines) is 1. The highest BCUT2D eigenvalue weighted by molar-refractivity contribution is 5.40. The fraction of sp³-hybridized carbons (Fsp3) is 0.600. The van der Waals surface area contributed by atoms with E-state index in [2.05, 4.69) is 30.9 Å². The Bertz CT molecular complexity index is 375. The quantitative estimate of drug-likeness (QED) is 0.810. The lowest BCUT2D eigenvalue weighted by atomic mass is 9.79. The van der Waals surface area contributed by atoms with Gasteiger partial charge in [0.2, 0.25) is 0 Å². The summed E-state index contributed by atoms with van der Waals surface area (Å²) in [6, 6.07) is 8.27. The minimum absolute atomic E-state index is 0.512. The molecule has 1 aromatic rings. The van der Waals surface area contributed by atoms with Crippen molar-refractivity contribution in [3.8, 4) is 0 Å². The third-order valence-electron chi connectivity index (χ3n) is 4.07. The van der Waals surface area contributed by atoms with E-state index >= 15 is 0 Å². The zero-order valence-electron chi connectivity index (χ0n) is 11.1. The van der Waals surface area contributed by atoms with Gasteiger partial charge in [0.15, 0.2) is 0 Å². The molecule has 0 bridgehead atoms. The molecule has 2 heteroatoms. The van der Waals surface area contributed by atoms with Crippen molar-refractivity contribution in [2.45, 2.75) is 39.7 Å². The van der Waals surface area contributed by atoms with Crippen molar-refractivity contribution in [2.75, 3.05) is 18.8 Å². The molecule has 2 rings (SSSR count). The van der Waals surface area contributed by atoms with Gasteiger partial charge in [0.1, 0.15) is 0 Å². The zero-order valence-corrected chi connectivity index (χ0v) is 11.1. The van der Waals surface area contributed by atoms with Crippen LogP contribution in [0.25, 0.3) is 0 Å². The van der Waals surface area contributed by atoms with Crippen molar-refractivity contribution in [2.24, 2.45) is 5.41 Å². The average Bonchev–Trinajstić information content (AvgIpc) is 2.29. The highest BCUT2D eigenvalue weighted by atomic mass is 15.1. The van der Waals surface area contributed by atoms with E-state index in [1.54, 1.807) is 0 Å². The molecule has 0 saturated carbocycles. The van der Waals surface area contributed by atoms with Crippen molar-refractivity contribution >= 4 is 5.69 Å². The molecule has 94 valence electrons. The van der Waals surface area contributed by atoms with Gasteiger partial charge in [-0.25, -0.2) is 0 Å². The number of nitrogen functional groups attached to an aromatic ring is 1. The van der Waals surface area contributed by atoms with Crippen molar-refractivity contribution in [1.29, 1.82) is 0 Å². The zero-order chi connectivity index (χ0) is 12.3. The minimum atomic E-state index is 0.512. The summed E-state index contributed by atoms with van der Waals surface area (Å²) in [5.41, 5.74) is 8.55. The number of rotatable bonds is 3. The number of anilines is 1. The SMILES string of the molecule is CCC1(C)CCCN(Cc2cccc(N)c2)C1. The Morgan fingerprint density at radius 2 is 2.24 bits per heavy atom. The Morgan fingerprint density at radius 1 is 1.41 bits per heavy atom. The maximum atomic E-state index is 5.82. The predicted molar refractivity (Wildman–Crippen MR) is 73.8 cm³/mol. The molecule has 1 aliphatic heterocycles. The van der Waals surface area contributed by atoms with Gasteiger partial charge < -0.3 is 5.73 Å². The number of nitrogens with two attached hydrogens (primary N) is 1. The lowest BCUT2D eigenvalue weighted by molar-refractivity contribution is 0.0937. The Kier molecular flexibility index (Phi) is 3.72. The van der Waals surface area contributed by atoms with Crippen molar-refractivity contribution < 1.29 is 0 Å². The third-order valence-corrected chi connectivity index (χ3v) is 4.07. The van der Waals surface area contributed by atoms with Gasteiger partial charge in [-0.1, -0.05) is 26.0 Å². The van der Waals surface area contributed by atoms with E-state index < -0.39 is 0 Å². The van der Waals surface area contributed by atoms with Crippen LogP contribution in [0, 0.1) is 5.41 Å². The monoisotopic (exact) mass is 232 g/mol. The van der Waals surface area contributed by atoms with E-state index in [1.807, 2.05) is 12.1 Å². The van der Waals surface area contributed by atoms with Crippen molar-refractivity contribution in [3.05, 3.63) is 29.8 Å². The summed E-state index contributed by atoms with van der Waals surface area (Å²) in [7, 11) is 0. The van der Waals surface area contributed by atoms with E-state index in [0.717, 1.165) is 12.2 Å². The van der Waals surface area contributed by atoms with Gasteiger partial charge in [-0.2, -0.15) is 0 Å². The van der Waals surface area contributed by atoms with Crippen LogP contribution in [-0.4, -0.2) is 18.0 Å². The molecule has 1 fully saturated rings. The number of benzene rings is 1. The van der Waals surface area contributed by atoms with Crippen molar-refractivity contribution in [3.63, 3.8) is 0 Å². The Morgan fingerprint density at radius 3 is 2.94 bits per heavy atom. The summed E-state index contributed by atoms with van der Waals surface area (Å²) in [6.45, 7) is 8.21. The van der Waals surface area contributed by atoms with Crippen LogP contribution in [0.4, 0.5) is 5.69 Å². The molecular formula is C15H24N2. The maximum absolute atomic E-state index is 5.82. The highest BCUT2D eigenvalue weighted by Crippen LogP contribution is 2.33. The van der Waals surface area contributed by atoms with Crippen LogP contribution in [0.5, 0.6) is 0 Å². The van der Waals surface area contributed by atoms with Gasteiger partial charge in [-0.3, -0.25) is 4.90 Å². The first-order valence-corrected chi connectivity index (χ1v) is 6.68. The van der Waals surface area contributed by atoms with E-state index in [-0.39, 0.29) is 0 Å². The summed E-state index contributed by atoms with van der Waals surface area (Å²) in [6.07, 6.45) is 3.98. The molecule has 1 unspecified atom stereocenters. The second-order valence-electron chi connectivity index (χ2n) is 5.72. The molecule has 0 aromatic heterocycles. The lowest BCUT2D eigenvalue weighted by Crippen LogP contribution is -2.40. The number of nitrogens with zero attached hydrogens (tertiary/aromatic N) is 1. The van der Waals surface area contributed by atoms with Crippen LogP contribution >= 0.6 is 0 Å². The summed E-state index contributed by atoms with van der Waals surface area (Å²) in [4.78, 5) is 2.57. The highest BCUT2D eigenvalue weighted by Gasteiger charge is 2.28. The van der Waals surface area contributed by atoms with Crippen LogP contribution in [0.15, 0.2) is 24.3 Å². The minimum Gasteiger partial charge on any atom is -0.399 e. The molecule has 2 N–H and O–H groups in total. The molecule has 1 aliphatic rings. The number of hydrogen-bond donors (Lipinski definition) is 1. The predicted octanol–water partition coefficient (Wildman–Crippen LogP) is 3.28. The second-order valence-corrected chi connectivity index (χ2v) is 5.72. The molecule has 0 spiro atoms. The Balaban J connectivity index is 1.99. The molecule has 0 radical (unpaired) electrons. The molecular weight excluding hydrogens is 208 g/mol. The van der Waals surface area contributed by atoms with Gasteiger partial charge >= 0.3 is 0 Å². The molecule has 1 heterocycles. The molecule has 0 aliphatic carbocycles. The summed E-state index contributed by atoms with van der Waals surface area (Å²) >= 11 is 0. The van der Waals surface area contributed by atoms with Crippen LogP contribution in [-0.2, 0) is 6.54 Å². The normalized spacial score (nSPS) is 26.0. The van der Waals surface area contributed by atoms with Crippen LogP contribution < -0.4 is 5.73 Å². The third kappa shape index (κ3) is 3.22. The molecule has 1 aromatic carbocycles. The summed E-state index contributed by atoms with van der Waals surface area (Å²) in [5.74, 6) is 0. The molecule has 17 heavy (non-hydrogen) atoms. The van der Waals surface area contributed by atoms with Gasteiger partial charge in [-0.05, 0) is 48.9 Å². The smallest absolute Gasteiger partial charge is 0.0317 e. The van der Waals surface area contributed by atoms with Crippen LogP contribution in [0.1, 0.15) is 38.7 Å². The molecule has 1 saturated heterocycles. The average molecular weight is 232 g/mol. The number of piperidine rings is 1. The molecule has 1 atom stereocenters. The van der Waals surface area contributed by atoms with Gasteiger partial charge in [0.25, 0.3) is 0 Å². The Hall–Kier alpha value is -1.02. The Labute approximate surface area is 105 Å². The standard InChI is InChI=1S/C15H24N2/c1-3-15(2)8-5-9-17(12-15)11-13-6-4-7-14(16)10-13/h4,6-7,10H,3,5,8-9,11-12,16H2,1-2H3. The lowest BCUT2D eigenvalue weighted by Gasteiger charge is -2.40.